The summed E-state index contributed by atoms with van der Waals surface area (Å²) in [5.41, 5.74) is 7.34. The van der Waals surface area contributed by atoms with Crippen molar-refractivity contribution in [3.63, 3.8) is 0 Å². The molecule has 0 heterocycles. The lowest BCUT2D eigenvalue weighted by Crippen LogP contribution is -2.02. The van der Waals surface area contributed by atoms with E-state index in [2.05, 4.69) is 5.32 Å². The molecule has 0 amide bonds. The third-order valence-corrected chi connectivity index (χ3v) is 3.50. The molecule has 0 fully saturated rings. The Labute approximate surface area is 132 Å². The zero-order chi connectivity index (χ0) is 15.4. The summed E-state index contributed by atoms with van der Waals surface area (Å²) in [6.07, 6.45) is 0.791. The Bertz CT molecular complexity index is 650. The molecule has 112 valence electrons. The highest BCUT2D eigenvalue weighted by Gasteiger charge is 2.10. The van der Waals surface area contributed by atoms with Crippen LogP contribution in [0.5, 0.6) is 5.75 Å². The normalized spacial score (nSPS) is 10.5. The molecule has 0 aliphatic carbocycles. The number of ether oxygens (including phenoxy) is 1. The molecule has 21 heavy (non-hydrogen) atoms. The molecular formula is C15H15Cl2FN2O. The van der Waals surface area contributed by atoms with Gasteiger partial charge in [0.2, 0.25) is 0 Å². The second-order valence-corrected chi connectivity index (χ2v) is 5.29. The Morgan fingerprint density at radius 1 is 1.19 bits per heavy atom. The molecule has 0 spiro atoms. The van der Waals surface area contributed by atoms with Gasteiger partial charge in [-0.25, -0.2) is 4.39 Å². The zero-order valence-electron chi connectivity index (χ0n) is 11.4. The van der Waals surface area contributed by atoms with Gasteiger partial charge in [0.15, 0.2) is 11.6 Å². The standard InChI is InChI=1S/C15H15Cl2FN2O/c1-2-5-21-15-8-14(13(19)7-12(15)18)20-9-3-4-10(16)11(17)6-9/h3-4,6-8,20H,2,5,19H2,1H3. The molecule has 0 radical (unpaired) electrons. The Hall–Kier alpha value is -1.65. The van der Waals surface area contributed by atoms with Gasteiger partial charge < -0.3 is 15.8 Å². The summed E-state index contributed by atoms with van der Waals surface area (Å²) < 4.78 is 19.1. The van der Waals surface area contributed by atoms with Gasteiger partial charge in [-0.2, -0.15) is 0 Å². The molecule has 0 atom stereocenters. The number of hydrogen-bond acceptors (Lipinski definition) is 3. The van der Waals surface area contributed by atoms with E-state index in [9.17, 15) is 4.39 Å². The summed E-state index contributed by atoms with van der Waals surface area (Å²) in [7, 11) is 0. The second-order valence-electron chi connectivity index (χ2n) is 4.47. The van der Waals surface area contributed by atoms with Crippen molar-refractivity contribution >= 4 is 40.3 Å². The second kappa shape index (κ2) is 6.87. The van der Waals surface area contributed by atoms with E-state index in [1.807, 2.05) is 6.92 Å². The van der Waals surface area contributed by atoms with Crippen molar-refractivity contribution in [2.24, 2.45) is 0 Å². The van der Waals surface area contributed by atoms with Crippen molar-refractivity contribution in [2.75, 3.05) is 17.7 Å². The highest BCUT2D eigenvalue weighted by molar-refractivity contribution is 6.42. The number of nitrogen functional groups attached to an aromatic ring is 1. The fourth-order valence-electron chi connectivity index (χ4n) is 1.73. The minimum absolute atomic E-state index is 0.161. The van der Waals surface area contributed by atoms with Crippen LogP contribution in [0.2, 0.25) is 10.0 Å². The molecule has 0 saturated carbocycles. The van der Waals surface area contributed by atoms with Crippen LogP contribution in [-0.2, 0) is 0 Å². The molecule has 0 aliphatic heterocycles. The lowest BCUT2D eigenvalue weighted by molar-refractivity contribution is 0.301. The lowest BCUT2D eigenvalue weighted by Gasteiger charge is -2.13. The highest BCUT2D eigenvalue weighted by Crippen LogP contribution is 2.32. The van der Waals surface area contributed by atoms with Gasteiger partial charge in [-0.15, -0.1) is 0 Å². The fraction of sp³-hybridized carbons (Fsp3) is 0.200. The minimum atomic E-state index is -0.486. The lowest BCUT2D eigenvalue weighted by atomic mass is 10.2. The van der Waals surface area contributed by atoms with E-state index in [4.69, 9.17) is 33.7 Å². The molecule has 2 aromatic rings. The molecule has 3 N–H and O–H groups in total. The summed E-state index contributed by atoms with van der Waals surface area (Å²) in [5, 5.41) is 3.95. The van der Waals surface area contributed by atoms with Crippen LogP contribution in [-0.4, -0.2) is 6.61 Å². The van der Waals surface area contributed by atoms with Crippen LogP contribution in [0.3, 0.4) is 0 Å². The average molecular weight is 329 g/mol. The summed E-state index contributed by atoms with van der Waals surface area (Å²) >= 11 is 11.8. The first-order chi connectivity index (χ1) is 10.0. The van der Waals surface area contributed by atoms with Gasteiger partial charge in [0.1, 0.15) is 0 Å². The van der Waals surface area contributed by atoms with Gasteiger partial charge in [0.05, 0.1) is 28.0 Å². The first kappa shape index (κ1) is 15.7. The van der Waals surface area contributed by atoms with E-state index in [-0.39, 0.29) is 11.4 Å². The van der Waals surface area contributed by atoms with E-state index in [1.165, 1.54) is 12.1 Å². The summed E-state index contributed by atoms with van der Waals surface area (Å²) in [6, 6.07) is 7.84. The van der Waals surface area contributed by atoms with Gasteiger partial charge in [0, 0.05) is 17.8 Å². The van der Waals surface area contributed by atoms with Crippen LogP contribution in [0.4, 0.5) is 21.5 Å². The third kappa shape index (κ3) is 3.93. The Kier molecular flexibility index (Phi) is 5.15. The van der Waals surface area contributed by atoms with E-state index >= 15 is 0 Å². The van der Waals surface area contributed by atoms with Gasteiger partial charge in [-0.1, -0.05) is 30.1 Å². The molecule has 3 nitrogen and oxygen atoms in total. The summed E-state index contributed by atoms with van der Waals surface area (Å²) in [4.78, 5) is 0. The van der Waals surface area contributed by atoms with E-state index < -0.39 is 5.82 Å². The third-order valence-electron chi connectivity index (χ3n) is 2.76. The number of anilines is 3. The predicted molar refractivity (Wildman–Crippen MR) is 86.3 cm³/mol. The molecule has 0 bridgehead atoms. The Morgan fingerprint density at radius 3 is 2.62 bits per heavy atom. The van der Waals surface area contributed by atoms with Crippen molar-refractivity contribution in [1.82, 2.24) is 0 Å². The minimum Gasteiger partial charge on any atom is -0.490 e. The molecule has 0 aliphatic rings. The van der Waals surface area contributed by atoms with Crippen LogP contribution >= 0.6 is 23.2 Å². The topological polar surface area (TPSA) is 47.3 Å². The largest absolute Gasteiger partial charge is 0.490 e. The SMILES string of the molecule is CCCOc1cc(Nc2ccc(Cl)c(Cl)c2)c(N)cc1F. The van der Waals surface area contributed by atoms with Crippen molar-refractivity contribution in [2.45, 2.75) is 13.3 Å². The van der Waals surface area contributed by atoms with Crippen LogP contribution in [0.15, 0.2) is 30.3 Å². The monoisotopic (exact) mass is 328 g/mol. The van der Waals surface area contributed by atoms with Crippen molar-refractivity contribution in [3.05, 3.63) is 46.2 Å². The first-order valence-corrected chi connectivity index (χ1v) is 7.20. The van der Waals surface area contributed by atoms with Crippen molar-refractivity contribution in [1.29, 1.82) is 0 Å². The quantitative estimate of drug-likeness (QED) is 0.737. The number of hydrogen-bond donors (Lipinski definition) is 2. The van der Waals surface area contributed by atoms with Crippen molar-refractivity contribution in [3.8, 4) is 5.75 Å². The van der Waals surface area contributed by atoms with Crippen LogP contribution in [0.1, 0.15) is 13.3 Å². The molecule has 6 heteroatoms. The fourth-order valence-corrected chi connectivity index (χ4v) is 2.03. The summed E-state index contributed by atoms with van der Waals surface area (Å²) in [5.74, 6) is -0.325. The van der Waals surface area contributed by atoms with E-state index in [1.54, 1.807) is 18.2 Å². The van der Waals surface area contributed by atoms with Crippen LogP contribution in [0.25, 0.3) is 0 Å². The van der Waals surface area contributed by atoms with Crippen molar-refractivity contribution < 1.29 is 9.13 Å². The van der Waals surface area contributed by atoms with E-state index in [0.29, 0.717) is 28.0 Å². The average Bonchev–Trinajstić information content (AvgIpc) is 2.44. The predicted octanol–water partition coefficient (Wildman–Crippen LogP) is 5.25. The molecular weight excluding hydrogens is 314 g/mol. The molecule has 2 rings (SSSR count). The number of benzene rings is 2. The van der Waals surface area contributed by atoms with E-state index in [0.717, 1.165) is 6.42 Å². The first-order valence-electron chi connectivity index (χ1n) is 6.45. The highest BCUT2D eigenvalue weighted by atomic mass is 35.5. The maximum Gasteiger partial charge on any atom is 0.167 e. The van der Waals surface area contributed by atoms with Gasteiger partial charge in [-0.05, 0) is 24.6 Å². The molecule has 0 saturated heterocycles. The molecule has 0 unspecified atom stereocenters. The number of halogens is 3. The number of nitrogens with one attached hydrogen (secondary N) is 1. The van der Waals surface area contributed by atoms with Gasteiger partial charge >= 0.3 is 0 Å². The summed E-state index contributed by atoms with van der Waals surface area (Å²) in [6.45, 7) is 2.39. The molecule has 0 aromatic heterocycles. The van der Waals surface area contributed by atoms with Gasteiger partial charge in [-0.3, -0.25) is 0 Å². The maximum atomic E-state index is 13.7. The molecule has 2 aromatic carbocycles. The smallest absolute Gasteiger partial charge is 0.167 e. The van der Waals surface area contributed by atoms with Gasteiger partial charge in [0.25, 0.3) is 0 Å². The Balaban J connectivity index is 2.28. The zero-order valence-corrected chi connectivity index (χ0v) is 12.9. The number of rotatable bonds is 5. The maximum absolute atomic E-state index is 13.7. The number of nitrogens with two attached hydrogens (primary N) is 1. The van der Waals surface area contributed by atoms with Crippen LogP contribution < -0.4 is 15.8 Å². The van der Waals surface area contributed by atoms with Crippen LogP contribution in [0, 0.1) is 5.82 Å². The Morgan fingerprint density at radius 2 is 1.95 bits per heavy atom.